The summed E-state index contributed by atoms with van der Waals surface area (Å²) in [6.07, 6.45) is 4.83. The standard InChI is InChI=1S/C27H23BrN2O6/c1-3-11-36-19-8-6-17(7-9-19)24(31)22-23(18-12-20(28)25(32)21(13-18)35-2)30(27(34)26(22)33)15-16-5-4-10-29-14-16/h3-10,12-14,23,31-32H,1,11,15H2,2H3/t23-/m0/s1. The second-order valence-corrected chi connectivity index (χ2v) is 8.82. The molecule has 0 saturated carbocycles. The third kappa shape index (κ3) is 4.83. The van der Waals surface area contributed by atoms with Crippen molar-refractivity contribution >= 4 is 33.4 Å². The quantitative estimate of drug-likeness (QED) is 0.180. The number of halogens is 1. The highest BCUT2D eigenvalue weighted by Gasteiger charge is 2.46. The van der Waals surface area contributed by atoms with E-state index in [2.05, 4.69) is 27.5 Å². The first-order valence-electron chi connectivity index (χ1n) is 10.9. The number of aliphatic hydroxyl groups excluding tert-OH is 1. The number of aromatic hydroxyl groups is 1. The second kappa shape index (κ2) is 10.7. The molecule has 2 N–H and O–H groups in total. The Balaban J connectivity index is 1.85. The molecular formula is C27H23BrN2O6. The SMILES string of the molecule is C=CCOc1ccc(C(O)=C2C(=O)C(=O)N(Cc3cccnc3)[C@H]2c2cc(Br)c(O)c(OC)c2)cc1. The van der Waals surface area contributed by atoms with Crippen LogP contribution in [0, 0.1) is 0 Å². The fraction of sp³-hybridized carbons (Fsp3) is 0.148. The minimum atomic E-state index is -0.951. The first kappa shape index (κ1) is 25.0. The Kier molecular flexibility index (Phi) is 7.40. The molecule has 0 radical (unpaired) electrons. The largest absolute Gasteiger partial charge is 0.507 e. The number of phenolic OH excluding ortho intramolecular Hbond substituents is 1. The maximum absolute atomic E-state index is 13.3. The molecule has 1 aromatic heterocycles. The number of ether oxygens (including phenoxy) is 2. The summed E-state index contributed by atoms with van der Waals surface area (Å²) in [5.41, 5.74) is 1.43. The molecule has 1 amide bonds. The number of carbonyl (C=O) groups excluding carboxylic acids is 2. The molecule has 0 bridgehead atoms. The van der Waals surface area contributed by atoms with Gasteiger partial charge in [-0.2, -0.15) is 0 Å². The van der Waals surface area contributed by atoms with Crippen LogP contribution in [0.25, 0.3) is 5.76 Å². The lowest BCUT2D eigenvalue weighted by Gasteiger charge is -2.26. The van der Waals surface area contributed by atoms with Crippen LogP contribution in [-0.4, -0.2) is 45.5 Å². The number of phenols is 1. The van der Waals surface area contributed by atoms with Gasteiger partial charge in [0.15, 0.2) is 11.5 Å². The number of benzene rings is 2. The molecule has 36 heavy (non-hydrogen) atoms. The van der Waals surface area contributed by atoms with Gasteiger partial charge in [0.2, 0.25) is 0 Å². The van der Waals surface area contributed by atoms with Crippen molar-refractivity contribution in [1.29, 1.82) is 0 Å². The van der Waals surface area contributed by atoms with Crippen LogP contribution in [-0.2, 0) is 16.1 Å². The van der Waals surface area contributed by atoms with Crippen molar-refractivity contribution in [2.45, 2.75) is 12.6 Å². The molecule has 2 aromatic carbocycles. The van der Waals surface area contributed by atoms with E-state index in [0.717, 1.165) is 0 Å². The van der Waals surface area contributed by atoms with E-state index in [4.69, 9.17) is 9.47 Å². The normalized spacial score (nSPS) is 16.7. The average Bonchev–Trinajstić information content (AvgIpc) is 3.14. The Morgan fingerprint density at radius 2 is 1.97 bits per heavy atom. The van der Waals surface area contributed by atoms with Gasteiger partial charge in [0.25, 0.3) is 11.7 Å². The number of likely N-dealkylation sites (tertiary alicyclic amines) is 1. The van der Waals surface area contributed by atoms with Crippen LogP contribution < -0.4 is 9.47 Å². The van der Waals surface area contributed by atoms with E-state index in [1.165, 1.54) is 18.1 Å². The Hall–Kier alpha value is -4.11. The number of carbonyl (C=O) groups is 2. The van der Waals surface area contributed by atoms with Crippen molar-refractivity contribution in [3.63, 3.8) is 0 Å². The van der Waals surface area contributed by atoms with Gasteiger partial charge >= 0.3 is 0 Å². The van der Waals surface area contributed by atoms with Crippen LogP contribution in [0.15, 0.2) is 83.6 Å². The number of pyridine rings is 1. The van der Waals surface area contributed by atoms with Gasteiger partial charge < -0.3 is 24.6 Å². The van der Waals surface area contributed by atoms with Crippen LogP contribution in [0.5, 0.6) is 17.2 Å². The summed E-state index contributed by atoms with van der Waals surface area (Å²) in [6.45, 7) is 4.01. The lowest BCUT2D eigenvalue weighted by Crippen LogP contribution is -2.29. The lowest BCUT2D eigenvalue weighted by atomic mass is 9.94. The van der Waals surface area contributed by atoms with Crippen molar-refractivity contribution in [1.82, 2.24) is 9.88 Å². The molecule has 4 rings (SSSR count). The lowest BCUT2D eigenvalue weighted by molar-refractivity contribution is -0.140. The van der Waals surface area contributed by atoms with Gasteiger partial charge in [-0.3, -0.25) is 14.6 Å². The van der Waals surface area contributed by atoms with E-state index in [9.17, 15) is 19.8 Å². The molecule has 1 atom stereocenters. The smallest absolute Gasteiger partial charge is 0.295 e. The second-order valence-electron chi connectivity index (χ2n) is 7.97. The van der Waals surface area contributed by atoms with Crippen LogP contribution in [0.3, 0.4) is 0 Å². The summed E-state index contributed by atoms with van der Waals surface area (Å²) in [5, 5.41) is 21.6. The maximum Gasteiger partial charge on any atom is 0.295 e. The molecule has 0 unspecified atom stereocenters. The average molecular weight is 551 g/mol. The maximum atomic E-state index is 13.3. The highest BCUT2D eigenvalue weighted by Crippen LogP contribution is 2.44. The molecule has 1 saturated heterocycles. The molecule has 9 heteroatoms. The molecular weight excluding hydrogens is 528 g/mol. The number of hydrogen-bond donors (Lipinski definition) is 2. The Bertz CT molecular complexity index is 1340. The van der Waals surface area contributed by atoms with E-state index in [1.54, 1.807) is 60.9 Å². The number of hydrogen-bond acceptors (Lipinski definition) is 7. The van der Waals surface area contributed by atoms with Crippen molar-refractivity contribution in [2.24, 2.45) is 0 Å². The van der Waals surface area contributed by atoms with Crippen molar-refractivity contribution < 1.29 is 29.3 Å². The number of aliphatic hydroxyl groups is 1. The van der Waals surface area contributed by atoms with Crippen LogP contribution in [0.2, 0.25) is 0 Å². The zero-order valence-electron chi connectivity index (χ0n) is 19.3. The number of aromatic nitrogens is 1. The molecule has 0 spiro atoms. The predicted octanol–water partition coefficient (Wildman–Crippen LogP) is 4.75. The van der Waals surface area contributed by atoms with Gasteiger partial charge in [-0.1, -0.05) is 18.7 Å². The molecule has 3 aromatic rings. The Morgan fingerprint density at radius 3 is 2.61 bits per heavy atom. The minimum Gasteiger partial charge on any atom is -0.507 e. The highest BCUT2D eigenvalue weighted by atomic mass is 79.9. The Labute approximate surface area is 216 Å². The molecule has 2 heterocycles. The van der Waals surface area contributed by atoms with Gasteiger partial charge in [0, 0.05) is 24.5 Å². The summed E-state index contributed by atoms with van der Waals surface area (Å²) in [7, 11) is 1.40. The summed E-state index contributed by atoms with van der Waals surface area (Å²) in [6, 6.07) is 12.2. The number of rotatable bonds is 8. The highest BCUT2D eigenvalue weighted by molar-refractivity contribution is 9.10. The van der Waals surface area contributed by atoms with E-state index >= 15 is 0 Å². The van der Waals surface area contributed by atoms with Crippen molar-refractivity contribution in [3.05, 3.63) is 100 Å². The predicted molar refractivity (Wildman–Crippen MR) is 137 cm³/mol. The molecule has 184 valence electrons. The van der Waals surface area contributed by atoms with E-state index in [1.807, 2.05) is 0 Å². The number of Topliss-reactive ketones (excluding diaryl/α,β-unsaturated/α-hetero) is 1. The molecule has 8 nitrogen and oxygen atoms in total. The summed E-state index contributed by atoms with van der Waals surface area (Å²) in [5.74, 6) is -1.33. The van der Waals surface area contributed by atoms with Crippen LogP contribution >= 0.6 is 15.9 Å². The van der Waals surface area contributed by atoms with E-state index in [-0.39, 0.29) is 29.4 Å². The first-order valence-corrected chi connectivity index (χ1v) is 11.7. The molecule has 1 aliphatic heterocycles. The van der Waals surface area contributed by atoms with Crippen LogP contribution in [0.1, 0.15) is 22.7 Å². The number of ketones is 1. The van der Waals surface area contributed by atoms with Gasteiger partial charge in [-0.25, -0.2) is 0 Å². The zero-order chi connectivity index (χ0) is 25.8. The molecule has 1 fully saturated rings. The van der Waals surface area contributed by atoms with E-state index < -0.39 is 17.7 Å². The van der Waals surface area contributed by atoms with Gasteiger partial charge in [-0.05, 0) is 69.5 Å². The topological polar surface area (TPSA) is 109 Å². The number of amides is 1. The van der Waals surface area contributed by atoms with Gasteiger partial charge in [-0.15, -0.1) is 0 Å². The van der Waals surface area contributed by atoms with Crippen molar-refractivity contribution in [3.8, 4) is 17.2 Å². The van der Waals surface area contributed by atoms with Gasteiger partial charge in [0.05, 0.1) is 23.2 Å². The molecule has 0 aliphatic carbocycles. The fourth-order valence-electron chi connectivity index (χ4n) is 4.00. The summed E-state index contributed by atoms with van der Waals surface area (Å²) >= 11 is 3.30. The zero-order valence-corrected chi connectivity index (χ0v) is 20.9. The third-order valence-electron chi connectivity index (χ3n) is 5.70. The summed E-state index contributed by atoms with van der Waals surface area (Å²) < 4.78 is 11.1. The monoisotopic (exact) mass is 550 g/mol. The first-order chi connectivity index (χ1) is 17.3. The van der Waals surface area contributed by atoms with Crippen molar-refractivity contribution in [2.75, 3.05) is 13.7 Å². The third-order valence-corrected chi connectivity index (χ3v) is 6.30. The number of nitrogens with zero attached hydrogens (tertiary/aromatic N) is 2. The van der Waals surface area contributed by atoms with Crippen LogP contribution in [0.4, 0.5) is 0 Å². The Morgan fingerprint density at radius 1 is 1.22 bits per heavy atom. The minimum absolute atomic E-state index is 0.0784. The van der Waals surface area contributed by atoms with Gasteiger partial charge in [0.1, 0.15) is 18.1 Å². The fourth-order valence-corrected chi connectivity index (χ4v) is 4.46. The number of methoxy groups -OCH3 is 1. The summed E-state index contributed by atoms with van der Waals surface area (Å²) in [4.78, 5) is 31.9. The molecule has 1 aliphatic rings. The van der Waals surface area contributed by atoms with E-state index in [0.29, 0.717) is 33.5 Å².